The number of benzene rings is 1. The molecule has 1 saturated heterocycles. The van der Waals surface area contributed by atoms with Crippen LogP contribution in [-0.4, -0.2) is 33.9 Å². The van der Waals surface area contributed by atoms with Gasteiger partial charge in [0.2, 0.25) is 0 Å². The molecule has 138 valence electrons. The lowest BCUT2D eigenvalue weighted by molar-refractivity contribution is -0.137. The van der Waals surface area contributed by atoms with Crippen LogP contribution < -0.4 is 4.74 Å². The molecule has 5 nitrogen and oxygen atoms in total. The molecule has 3 aromatic rings. The summed E-state index contributed by atoms with van der Waals surface area (Å²) in [5, 5.41) is 3.05. The Kier molecular flexibility index (Phi) is 5.44. The van der Waals surface area contributed by atoms with Gasteiger partial charge in [-0.1, -0.05) is 18.2 Å². The molecule has 0 spiro atoms. The zero-order valence-corrected chi connectivity index (χ0v) is 15.8. The molecule has 1 amide bonds. The van der Waals surface area contributed by atoms with Gasteiger partial charge >= 0.3 is 0 Å². The van der Waals surface area contributed by atoms with Gasteiger partial charge in [0.25, 0.3) is 5.91 Å². The van der Waals surface area contributed by atoms with Crippen molar-refractivity contribution in [3.05, 3.63) is 65.2 Å². The van der Waals surface area contributed by atoms with Crippen LogP contribution in [0.5, 0.6) is 5.75 Å². The number of carbonyl (C=O) groups excluding carboxylic acids is 1. The average molecular weight is 379 g/mol. The van der Waals surface area contributed by atoms with Gasteiger partial charge in [-0.3, -0.25) is 9.78 Å². The summed E-state index contributed by atoms with van der Waals surface area (Å²) in [7, 11) is 0. The standard InChI is InChI=1S/C21H21N3O2S/c25-20(14-26-17-6-2-1-3-7-17)24-13-5-4-8-19(24)21-23-18(15-27-21)16-9-11-22-12-10-16/h1-3,6-7,9-12,15,19H,4-5,8,13-14H2/t19-/m1/s1. The first-order valence-corrected chi connectivity index (χ1v) is 10.0. The van der Waals surface area contributed by atoms with Crippen LogP contribution in [0.4, 0.5) is 0 Å². The molecule has 1 aliphatic heterocycles. The predicted octanol–water partition coefficient (Wildman–Crippen LogP) is 4.34. The molecule has 0 N–H and O–H groups in total. The summed E-state index contributed by atoms with van der Waals surface area (Å²) in [6.45, 7) is 0.814. The number of rotatable bonds is 5. The Hall–Kier alpha value is -2.73. The molecular formula is C21H21N3O2S. The second-order valence-corrected chi connectivity index (χ2v) is 7.40. The predicted molar refractivity (Wildman–Crippen MR) is 106 cm³/mol. The number of hydrogen-bond donors (Lipinski definition) is 0. The average Bonchev–Trinajstić information content (AvgIpc) is 3.23. The molecule has 1 fully saturated rings. The van der Waals surface area contributed by atoms with E-state index in [1.54, 1.807) is 23.7 Å². The first-order valence-electron chi connectivity index (χ1n) is 9.14. The number of nitrogens with zero attached hydrogens (tertiary/aromatic N) is 3. The van der Waals surface area contributed by atoms with E-state index in [1.165, 1.54) is 0 Å². The van der Waals surface area contributed by atoms with Crippen LogP contribution in [0.15, 0.2) is 60.2 Å². The topological polar surface area (TPSA) is 55.3 Å². The van der Waals surface area contributed by atoms with Gasteiger partial charge < -0.3 is 9.64 Å². The highest BCUT2D eigenvalue weighted by atomic mass is 32.1. The molecule has 27 heavy (non-hydrogen) atoms. The molecule has 3 heterocycles. The SMILES string of the molecule is O=C(COc1ccccc1)N1CCCC[C@@H]1c1nc(-c2ccncc2)cs1. The highest BCUT2D eigenvalue weighted by molar-refractivity contribution is 7.10. The molecule has 0 unspecified atom stereocenters. The number of pyridine rings is 1. The lowest BCUT2D eigenvalue weighted by atomic mass is 10.0. The smallest absolute Gasteiger partial charge is 0.261 e. The summed E-state index contributed by atoms with van der Waals surface area (Å²) in [5.74, 6) is 0.734. The van der Waals surface area contributed by atoms with Crippen LogP contribution >= 0.6 is 11.3 Å². The fourth-order valence-electron chi connectivity index (χ4n) is 3.33. The van der Waals surface area contributed by atoms with Gasteiger partial charge in [-0.05, 0) is 43.5 Å². The monoisotopic (exact) mass is 379 g/mol. The van der Waals surface area contributed by atoms with Crippen molar-refractivity contribution < 1.29 is 9.53 Å². The third-order valence-corrected chi connectivity index (χ3v) is 5.66. The minimum absolute atomic E-state index is 0.0178. The summed E-state index contributed by atoms with van der Waals surface area (Å²) in [5.41, 5.74) is 1.99. The van der Waals surface area contributed by atoms with Gasteiger partial charge in [0.05, 0.1) is 11.7 Å². The number of hydrogen-bond acceptors (Lipinski definition) is 5. The maximum atomic E-state index is 12.8. The van der Waals surface area contributed by atoms with Crippen molar-refractivity contribution in [3.8, 4) is 17.0 Å². The first kappa shape index (κ1) is 17.7. The Balaban J connectivity index is 1.47. The maximum absolute atomic E-state index is 12.8. The van der Waals surface area contributed by atoms with Crippen LogP contribution in [0.3, 0.4) is 0 Å². The van der Waals surface area contributed by atoms with Crippen molar-refractivity contribution in [2.24, 2.45) is 0 Å². The van der Waals surface area contributed by atoms with Gasteiger partial charge in [0.15, 0.2) is 6.61 Å². The van der Waals surface area contributed by atoms with Gasteiger partial charge in [0, 0.05) is 29.9 Å². The van der Waals surface area contributed by atoms with E-state index in [0.717, 1.165) is 42.1 Å². The number of ether oxygens (including phenoxy) is 1. The van der Waals surface area contributed by atoms with E-state index in [-0.39, 0.29) is 18.6 Å². The Morgan fingerprint density at radius 2 is 1.96 bits per heavy atom. The number of likely N-dealkylation sites (tertiary alicyclic amines) is 1. The van der Waals surface area contributed by atoms with Gasteiger partial charge in [-0.2, -0.15) is 0 Å². The van der Waals surface area contributed by atoms with Crippen molar-refractivity contribution in [2.45, 2.75) is 25.3 Å². The fraction of sp³-hybridized carbons (Fsp3) is 0.286. The van der Waals surface area contributed by atoms with Crippen LogP contribution in [0.25, 0.3) is 11.3 Å². The minimum Gasteiger partial charge on any atom is -0.484 e. The van der Waals surface area contributed by atoms with Crippen molar-refractivity contribution in [3.63, 3.8) is 0 Å². The third-order valence-electron chi connectivity index (χ3n) is 4.71. The summed E-state index contributed by atoms with van der Waals surface area (Å²) in [6.07, 6.45) is 6.62. The number of para-hydroxylation sites is 1. The van der Waals surface area contributed by atoms with E-state index in [1.807, 2.05) is 47.4 Å². The Morgan fingerprint density at radius 3 is 2.78 bits per heavy atom. The van der Waals surface area contributed by atoms with E-state index in [2.05, 4.69) is 10.4 Å². The van der Waals surface area contributed by atoms with Crippen LogP contribution in [-0.2, 0) is 4.79 Å². The molecule has 1 aliphatic rings. The number of amides is 1. The molecular weight excluding hydrogens is 358 g/mol. The summed E-state index contributed by atoms with van der Waals surface area (Å²) < 4.78 is 5.66. The zero-order chi connectivity index (χ0) is 18.5. The highest BCUT2D eigenvalue weighted by Gasteiger charge is 2.30. The first-order chi connectivity index (χ1) is 13.3. The number of carbonyl (C=O) groups is 1. The van der Waals surface area contributed by atoms with Crippen LogP contribution in [0.1, 0.15) is 30.3 Å². The lowest BCUT2D eigenvalue weighted by Crippen LogP contribution is -2.41. The van der Waals surface area contributed by atoms with E-state index in [0.29, 0.717) is 5.75 Å². The molecule has 1 atom stereocenters. The van der Waals surface area contributed by atoms with E-state index in [4.69, 9.17) is 9.72 Å². The second kappa shape index (κ2) is 8.31. The largest absolute Gasteiger partial charge is 0.484 e. The summed E-state index contributed by atoms with van der Waals surface area (Å²) >= 11 is 1.62. The van der Waals surface area contributed by atoms with E-state index in [9.17, 15) is 4.79 Å². The van der Waals surface area contributed by atoms with E-state index < -0.39 is 0 Å². The van der Waals surface area contributed by atoms with Crippen LogP contribution in [0.2, 0.25) is 0 Å². The Bertz CT molecular complexity index is 883. The van der Waals surface area contributed by atoms with Crippen molar-refractivity contribution >= 4 is 17.2 Å². The molecule has 6 heteroatoms. The van der Waals surface area contributed by atoms with Crippen molar-refractivity contribution in [1.82, 2.24) is 14.9 Å². The molecule has 0 aliphatic carbocycles. The Labute approximate surface area is 162 Å². The molecule has 0 radical (unpaired) electrons. The molecule has 0 bridgehead atoms. The maximum Gasteiger partial charge on any atom is 0.261 e. The number of piperidine rings is 1. The lowest BCUT2D eigenvalue weighted by Gasteiger charge is -2.34. The number of thiazole rings is 1. The third kappa shape index (κ3) is 4.17. The highest BCUT2D eigenvalue weighted by Crippen LogP contribution is 2.34. The normalized spacial score (nSPS) is 16.9. The molecule has 1 aromatic carbocycles. The van der Waals surface area contributed by atoms with E-state index >= 15 is 0 Å². The second-order valence-electron chi connectivity index (χ2n) is 6.51. The minimum atomic E-state index is 0.0178. The molecule has 2 aromatic heterocycles. The van der Waals surface area contributed by atoms with Crippen molar-refractivity contribution in [2.75, 3.05) is 13.2 Å². The van der Waals surface area contributed by atoms with Gasteiger partial charge in [-0.15, -0.1) is 11.3 Å². The van der Waals surface area contributed by atoms with Crippen molar-refractivity contribution in [1.29, 1.82) is 0 Å². The summed E-state index contributed by atoms with van der Waals surface area (Å²) in [6, 6.07) is 13.4. The quantitative estimate of drug-likeness (QED) is 0.662. The summed E-state index contributed by atoms with van der Waals surface area (Å²) in [4.78, 5) is 23.6. The fourth-order valence-corrected chi connectivity index (χ4v) is 4.30. The zero-order valence-electron chi connectivity index (χ0n) is 15.0. The molecule has 4 rings (SSSR count). The van der Waals surface area contributed by atoms with Gasteiger partial charge in [-0.25, -0.2) is 4.98 Å². The van der Waals surface area contributed by atoms with Crippen LogP contribution in [0, 0.1) is 0 Å². The molecule has 0 saturated carbocycles. The Morgan fingerprint density at radius 1 is 1.15 bits per heavy atom. The number of aromatic nitrogens is 2. The van der Waals surface area contributed by atoms with Gasteiger partial charge in [0.1, 0.15) is 10.8 Å².